The van der Waals surface area contributed by atoms with E-state index in [-0.39, 0.29) is 18.3 Å². The standard InChI is InChI=1S/C11H16BNO5S/c1-12(15)13-6-8(7-18-19(2,16)17)11-9(13)4-3-5-10(11)14/h3-5,8,14-15H,6-7H2,1-2H3. The summed E-state index contributed by atoms with van der Waals surface area (Å²) < 4.78 is 26.9. The maximum Gasteiger partial charge on any atom is 0.409 e. The van der Waals surface area contributed by atoms with Gasteiger partial charge < -0.3 is 14.9 Å². The molecule has 1 aromatic carbocycles. The van der Waals surface area contributed by atoms with Crippen LogP contribution in [-0.2, 0) is 14.3 Å². The molecular formula is C11H16BNO5S. The van der Waals surface area contributed by atoms with Crippen molar-refractivity contribution in [1.29, 1.82) is 0 Å². The van der Waals surface area contributed by atoms with E-state index in [9.17, 15) is 18.5 Å². The number of nitrogens with zero attached hydrogens (tertiary/aromatic N) is 1. The Labute approximate surface area is 112 Å². The zero-order valence-electron chi connectivity index (χ0n) is 10.8. The van der Waals surface area contributed by atoms with Crippen LogP contribution in [0.5, 0.6) is 5.75 Å². The topological polar surface area (TPSA) is 87.1 Å². The van der Waals surface area contributed by atoms with Crippen molar-refractivity contribution in [3.63, 3.8) is 0 Å². The molecule has 0 spiro atoms. The van der Waals surface area contributed by atoms with Crippen LogP contribution in [0.1, 0.15) is 11.5 Å². The molecule has 1 aromatic rings. The minimum atomic E-state index is -3.53. The van der Waals surface area contributed by atoms with Crippen LogP contribution in [0.25, 0.3) is 0 Å². The van der Waals surface area contributed by atoms with Gasteiger partial charge in [-0.2, -0.15) is 8.42 Å². The van der Waals surface area contributed by atoms with E-state index in [2.05, 4.69) is 0 Å². The molecule has 2 rings (SSSR count). The first kappa shape index (κ1) is 14.2. The number of benzene rings is 1. The van der Waals surface area contributed by atoms with Crippen LogP contribution in [0.15, 0.2) is 18.2 Å². The lowest BCUT2D eigenvalue weighted by Crippen LogP contribution is -2.36. The fourth-order valence-corrected chi connectivity index (χ4v) is 2.74. The van der Waals surface area contributed by atoms with Gasteiger partial charge in [0.25, 0.3) is 10.1 Å². The van der Waals surface area contributed by atoms with E-state index < -0.39 is 17.2 Å². The van der Waals surface area contributed by atoms with Crippen LogP contribution in [0, 0.1) is 0 Å². The molecule has 19 heavy (non-hydrogen) atoms. The number of phenols is 1. The Balaban J connectivity index is 2.30. The predicted octanol–water partition coefficient (Wildman–Crippen LogP) is 0.382. The Morgan fingerprint density at radius 2 is 2.21 bits per heavy atom. The first-order chi connectivity index (χ1) is 8.79. The molecule has 8 heteroatoms. The van der Waals surface area contributed by atoms with E-state index in [0.29, 0.717) is 17.8 Å². The van der Waals surface area contributed by atoms with Crippen molar-refractivity contribution in [3.05, 3.63) is 23.8 Å². The number of hydrogen-bond acceptors (Lipinski definition) is 6. The van der Waals surface area contributed by atoms with Gasteiger partial charge in [-0.1, -0.05) is 6.07 Å². The number of hydrogen-bond donors (Lipinski definition) is 2. The van der Waals surface area contributed by atoms with Crippen LogP contribution in [0.4, 0.5) is 5.69 Å². The molecule has 1 atom stereocenters. The summed E-state index contributed by atoms with van der Waals surface area (Å²) >= 11 is 0. The Kier molecular flexibility index (Phi) is 3.75. The van der Waals surface area contributed by atoms with Crippen LogP contribution < -0.4 is 4.81 Å². The zero-order chi connectivity index (χ0) is 14.2. The van der Waals surface area contributed by atoms with Crippen molar-refractivity contribution in [2.24, 2.45) is 0 Å². The third-order valence-electron chi connectivity index (χ3n) is 3.13. The molecule has 0 aliphatic carbocycles. The van der Waals surface area contributed by atoms with E-state index in [1.165, 1.54) is 6.07 Å². The smallest absolute Gasteiger partial charge is 0.409 e. The number of phenolic OH excluding ortho intramolecular Hbond substituents is 1. The third-order valence-corrected chi connectivity index (χ3v) is 3.69. The highest BCUT2D eigenvalue weighted by molar-refractivity contribution is 7.85. The summed E-state index contributed by atoms with van der Waals surface area (Å²) in [6.45, 7) is 1.97. The molecule has 0 aromatic heterocycles. The average Bonchev–Trinajstić information content (AvgIpc) is 2.66. The SMILES string of the molecule is CB(O)N1CC(COS(C)(=O)=O)c2c(O)cccc21. The van der Waals surface area contributed by atoms with Crippen LogP contribution in [0.2, 0.25) is 6.82 Å². The van der Waals surface area contributed by atoms with Gasteiger partial charge >= 0.3 is 7.05 Å². The van der Waals surface area contributed by atoms with Gasteiger partial charge in [0.1, 0.15) is 5.75 Å². The van der Waals surface area contributed by atoms with Crippen molar-refractivity contribution in [1.82, 2.24) is 0 Å². The number of rotatable bonds is 4. The van der Waals surface area contributed by atoms with Crippen molar-refractivity contribution in [2.75, 3.05) is 24.2 Å². The number of anilines is 1. The Morgan fingerprint density at radius 1 is 1.53 bits per heavy atom. The Bertz CT molecular complexity index is 574. The first-order valence-corrected chi connectivity index (χ1v) is 7.72. The molecule has 0 saturated carbocycles. The molecule has 0 radical (unpaired) electrons. The minimum Gasteiger partial charge on any atom is -0.508 e. The van der Waals surface area contributed by atoms with Crippen LogP contribution in [-0.4, -0.2) is 45.0 Å². The summed E-state index contributed by atoms with van der Waals surface area (Å²) in [7, 11) is -4.25. The highest BCUT2D eigenvalue weighted by Crippen LogP contribution is 2.42. The third kappa shape index (κ3) is 3.02. The molecule has 6 nitrogen and oxygen atoms in total. The molecule has 0 bridgehead atoms. The van der Waals surface area contributed by atoms with E-state index in [4.69, 9.17) is 4.18 Å². The predicted molar refractivity (Wildman–Crippen MR) is 72.8 cm³/mol. The second-order valence-electron chi connectivity index (χ2n) is 4.68. The van der Waals surface area contributed by atoms with Crippen molar-refractivity contribution >= 4 is 22.9 Å². The quantitative estimate of drug-likeness (QED) is 0.614. The van der Waals surface area contributed by atoms with Gasteiger partial charge in [-0.25, -0.2) is 0 Å². The molecule has 1 unspecified atom stereocenters. The van der Waals surface area contributed by atoms with E-state index in [1.54, 1.807) is 23.8 Å². The van der Waals surface area contributed by atoms with Gasteiger partial charge in [0.2, 0.25) is 0 Å². The second-order valence-corrected chi connectivity index (χ2v) is 6.32. The van der Waals surface area contributed by atoms with Gasteiger partial charge in [-0.05, 0) is 19.0 Å². The van der Waals surface area contributed by atoms with E-state index in [1.807, 2.05) is 0 Å². The monoisotopic (exact) mass is 285 g/mol. The lowest BCUT2D eigenvalue weighted by Gasteiger charge is -2.20. The van der Waals surface area contributed by atoms with E-state index >= 15 is 0 Å². The van der Waals surface area contributed by atoms with Gasteiger partial charge in [0, 0.05) is 23.7 Å². The normalized spacial score (nSPS) is 18.5. The Morgan fingerprint density at radius 3 is 2.79 bits per heavy atom. The summed E-state index contributed by atoms with van der Waals surface area (Å²) in [5.41, 5.74) is 1.32. The summed E-state index contributed by atoms with van der Waals surface area (Å²) in [5.74, 6) is -0.205. The molecule has 1 aliphatic rings. The lowest BCUT2D eigenvalue weighted by molar-refractivity contribution is 0.297. The van der Waals surface area contributed by atoms with Gasteiger partial charge in [-0.15, -0.1) is 0 Å². The molecular weight excluding hydrogens is 269 g/mol. The largest absolute Gasteiger partial charge is 0.508 e. The molecule has 104 valence electrons. The second kappa shape index (κ2) is 5.03. The Hall–Kier alpha value is -1.25. The maximum atomic E-state index is 11.1. The van der Waals surface area contributed by atoms with Crippen LogP contribution in [0.3, 0.4) is 0 Å². The highest BCUT2D eigenvalue weighted by Gasteiger charge is 2.35. The molecule has 0 fully saturated rings. The molecule has 0 amide bonds. The highest BCUT2D eigenvalue weighted by atomic mass is 32.2. The van der Waals surface area contributed by atoms with Gasteiger partial charge in [-0.3, -0.25) is 4.18 Å². The molecule has 1 aliphatic heterocycles. The van der Waals surface area contributed by atoms with Crippen LogP contribution >= 0.6 is 0 Å². The van der Waals surface area contributed by atoms with Gasteiger partial charge in [0.05, 0.1) is 12.9 Å². The minimum absolute atomic E-state index is 0.0490. The summed E-state index contributed by atoms with van der Waals surface area (Å²) in [4.78, 5) is 1.70. The first-order valence-electron chi connectivity index (χ1n) is 5.90. The van der Waals surface area contributed by atoms with Crippen molar-refractivity contribution in [3.8, 4) is 5.75 Å². The van der Waals surface area contributed by atoms with Gasteiger partial charge in [0.15, 0.2) is 0 Å². The van der Waals surface area contributed by atoms with Crippen molar-refractivity contribution in [2.45, 2.75) is 12.7 Å². The molecule has 1 heterocycles. The maximum absolute atomic E-state index is 11.1. The van der Waals surface area contributed by atoms with E-state index in [0.717, 1.165) is 6.26 Å². The fourth-order valence-electron chi connectivity index (χ4n) is 2.33. The molecule has 2 N–H and O–H groups in total. The molecule has 0 saturated heterocycles. The lowest BCUT2D eigenvalue weighted by atomic mass is 9.85. The van der Waals surface area contributed by atoms with Crippen molar-refractivity contribution < 1.29 is 22.7 Å². The number of fused-ring (bicyclic) bond motifs is 1. The summed E-state index contributed by atoms with van der Waals surface area (Å²) in [6, 6.07) is 5.00. The number of aromatic hydroxyl groups is 1. The summed E-state index contributed by atoms with van der Waals surface area (Å²) in [6.07, 6.45) is 0.986. The average molecular weight is 285 g/mol. The fraction of sp³-hybridized carbons (Fsp3) is 0.455. The summed E-state index contributed by atoms with van der Waals surface area (Å²) in [5, 5.41) is 19.6. The zero-order valence-corrected chi connectivity index (χ0v) is 11.6.